The molecule has 100 valence electrons. The average Bonchev–Trinajstić information content (AvgIpc) is 2.48. The summed E-state index contributed by atoms with van der Waals surface area (Å²) in [6, 6.07) is 7.82. The molecule has 6 heteroatoms. The molecule has 0 amide bonds. The Morgan fingerprint density at radius 3 is 2.37 bits per heavy atom. The van der Waals surface area contributed by atoms with Crippen LogP contribution in [0.4, 0.5) is 0 Å². The minimum atomic E-state index is 0.679. The van der Waals surface area contributed by atoms with Crippen LogP contribution in [0.25, 0.3) is 0 Å². The van der Waals surface area contributed by atoms with Gasteiger partial charge < -0.3 is 9.47 Å². The van der Waals surface area contributed by atoms with Crippen LogP contribution >= 0.6 is 23.5 Å². The van der Waals surface area contributed by atoms with Gasteiger partial charge in [0.15, 0.2) is 10.9 Å². The molecular weight excluding hydrogens is 280 g/mol. The third-order valence-corrected chi connectivity index (χ3v) is 3.93. The van der Waals surface area contributed by atoms with Crippen LogP contribution in [0.1, 0.15) is 0 Å². The number of aromatic nitrogens is 2. The highest BCUT2D eigenvalue weighted by Crippen LogP contribution is 2.34. The minimum Gasteiger partial charge on any atom is -0.497 e. The van der Waals surface area contributed by atoms with E-state index in [-0.39, 0.29) is 0 Å². The van der Waals surface area contributed by atoms with E-state index < -0.39 is 0 Å². The molecule has 0 N–H and O–H groups in total. The highest BCUT2D eigenvalue weighted by atomic mass is 32.2. The molecule has 2 rings (SSSR count). The molecule has 0 fully saturated rings. The van der Waals surface area contributed by atoms with Crippen LogP contribution in [0.2, 0.25) is 0 Å². The number of benzene rings is 1. The van der Waals surface area contributed by atoms with Crippen LogP contribution in [0, 0.1) is 0 Å². The largest absolute Gasteiger partial charge is 0.497 e. The standard InChI is InChI=1S/C13H14N2O2S2/c1-16-9-4-6-10(7-5-9)19-12-11(17-2)8-14-13(15-12)18-3/h4-8H,1-3H3. The average molecular weight is 294 g/mol. The number of ether oxygens (including phenoxy) is 2. The van der Waals surface area contributed by atoms with E-state index in [0.717, 1.165) is 20.8 Å². The first-order chi connectivity index (χ1) is 9.26. The summed E-state index contributed by atoms with van der Waals surface area (Å²) in [7, 11) is 3.27. The third kappa shape index (κ3) is 3.54. The molecule has 0 saturated carbocycles. The van der Waals surface area contributed by atoms with Crippen LogP contribution in [-0.4, -0.2) is 30.4 Å². The van der Waals surface area contributed by atoms with Crippen molar-refractivity contribution in [3.8, 4) is 11.5 Å². The van der Waals surface area contributed by atoms with Crippen molar-refractivity contribution >= 4 is 23.5 Å². The molecule has 0 radical (unpaired) electrons. The molecular formula is C13H14N2O2S2. The summed E-state index contributed by atoms with van der Waals surface area (Å²) < 4.78 is 10.4. The fourth-order valence-corrected chi connectivity index (χ4v) is 2.67. The molecule has 0 atom stereocenters. The molecule has 0 aliphatic heterocycles. The maximum atomic E-state index is 5.28. The predicted molar refractivity (Wildman–Crippen MR) is 77.5 cm³/mol. The SMILES string of the molecule is COc1ccc(Sc2nc(SC)ncc2OC)cc1. The van der Waals surface area contributed by atoms with Gasteiger partial charge in [-0.1, -0.05) is 23.5 Å². The van der Waals surface area contributed by atoms with E-state index in [1.54, 1.807) is 32.2 Å². The Morgan fingerprint density at radius 2 is 1.79 bits per heavy atom. The van der Waals surface area contributed by atoms with E-state index >= 15 is 0 Å². The lowest BCUT2D eigenvalue weighted by molar-refractivity contribution is 0.395. The van der Waals surface area contributed by atoms with Crippen molar-refractivity contribution in [2.45, 2.75) is 15.1 Å². The first kappa shape index (κ1) is 14.0. The van der Waals surface area contributed by atoms with Crippen molar-refractivity contribution in [2.24, 2.45) is 0 Å². The second-order valence-electron chi connectivity index (χ2n) is 3.51. The Morgan fingerprint density at radius 1 is 1.05 bits per heavy atom. The van der Waals surface area contributed by atoms with Gasteiger partial charge in [0.1, 0.15) is 10.8 Å². The lowest BCUT2D eigenvalue weighted by Gasteiger charge is -2.08. The molecule has 0 spiro atoms. The van der Waals surface area contributed by atoms with Gasteiger partial charge in [0.05, 0.1) is 20.4 Å². The zero-order chi connectivity index (χ0) is 13.7. The van der Waals surface area contributed by atoms with E-state index in [4.69, 9.17) is 9.47 Å². The Kier molecular flexibility index (Phi) is 4.93. The van der Waals surface area contributed by atoms with Gasteiger partial charge in [0.25, 0.3) is 0 Å². The van der Waals surface area contributed by atoms with Gasteiger partial charge in [-0.25, -0.2) is 9.97 Å². The molecule has 0 aliphatic rings. The van der Waals surface area contributed by atoms with Crippen LogP contribution < -0.4 is 9.47 Å². The number of hydrogen-bond donors (Lipinski definition) is 0. The quantitative estimate of drug-likeness (QED) is 0.478. The van der Waals surface area contributed by atoms with Crippen LogP contribution in [0.3, 0.4) is 0 Å². The maximum absolute atomic E-state index is 5.28. The lowest BCUT2D eigenvalue weighted by Crippen LogP contribution is -1.94. The summed E-state index contributed by atoms with van der Waals surface area (Å²) in [4.78, 5) is 9.72. The van der Waals surface area contributed by atoms with Gasteiger partial charge in [-0.15, -0.1) is 0 Å². The van der Waals surface area contributed by atoms with Crippen molar-refractivity contribution < 1.29 is 9.47 Å². The predicted octanol–water partition coefficient (Wildman–Crippen LogP) is 3.37. The van der Waals surface area contributed by atoms with Crippen molar-refractivity contribution in [2.75, 3.05) is 20.5 Å². The van der Waals surface area contributed by atoms with Gasteiger partial charge in [-0.05, 0) is 30.5 Å². The lowest BCUT2D eigenvalue weighted by atomic mass is 10.3. The molecule has 2 aromatic rings. The first-order valence-electron chi connectivity index (χ1n) is 5.53. The van der Waals surface area contributed by atoms with Crippen LogP contribution in [0.5, 0.6) is 11.5 Å². The van der Waals surface area contributed by atoms with Crippen LogP contribution in [0.15, 0.2) is 45.5 Å². The van der Waals surface area contributed by atoms with Gasteiger partial charge in [-0.2, -0.15) is 0 Å². The number of hydrogen-bond acceptors (Lipinski definition) is 6. The fraction of sp³-hybridized carbons (Fsp3) is 0.231. The summed E-state index contributed by atoms with van der Waals surface area (Å²) in [5.74, 6) is 1.52. The van der Waals surface area contributed by atoms with Crippen LogP contribution in [-0.2, 0) is 0 Å². The van der Waals surface area contributed by atoms with Crippen molar-refractivity contribution in [1.82, 2.24) is 9.97 Å². The molecule has 1 aromatic carbocycles. The number of nitrogens with zero attached hydrogens (tertiary/aromatic N) is 2. The Balaban J connectivity index is 2.25. The second-order valence-corrected chi connectivity index (χ2v) is 5.34. The number of thioether (sulfide) groups is 1. The van der Waals surface area contributed by atoms with E-state index in [0.29, 0.717) is 5.75 Å². The Bertz CT molecular complexity index is 547. The van der Waals surface area contributed by atoms with E-state index in [2.05, 4.69) is 9.97 Å². The number of rotatable bonds is 5. The molecule has 1 heterocycles. The molecule has 19 heavy (non-hydrogen) atoms. The summed E-state index contributed by atoms with van der Waals surface area (Å²) in [5, 5.41) is 1.55. The normalized spacial score (nSPS) is 10.3. The van der Waals surface area contributed by atoms with Gasteiger partial charge in [0, 0.05) is 4.90 Å². The molecule has 1 aromatic heterocycles. The summed E-state index contributed by atoms with van der Waals surface area (Å²) in [6.45, 7) is 0. The zero-order valence-corrected chi connectivity index (χ0v) is 12.5. The monoisotopic (exact) mass is 294 g/mol. The van der Waals surface area contributed by atoms with Crippen molar-refractivity contribution in [1.29, 1.82) is 0 Å². The highest BCUT2D eigenvalue weighted by Gasteiger charge is 2.09. The van der Waals surface area contributed by atoms with Gasteiger partial charge in [-0.3, -0.25) is 0 Å². The molecule has 0 bridgehead atoms. The number of methoxy groups -OCH3 is 2. The highest BCUT2D eigenvalue weighted by molar-refractivity contribution is 7.99. The summed E-state index contributed by atoms with van der Waals surface area (Å²) >= 11 is 3.05. The minimum absolute atomic E-state index is 0.679. The maximum Gasteiger partial charge on any atom is 0.188 e. The van der Waals surface area contributed by atoms with E-state index in [1.165, 1.54) is 11.8 Å². The van der Waals surface area contributed by atoms with Crippen molar-refractivity contribution in [3.05, 3.63) is 30.5 Å². The van der Waals surface area contributed by atoms with E-state index in [9.17, 15) is 0 Å². The first-order valence-corrected chi connectivity index (χ1v) is 7.58. The van der Waals surface area contributed by atoms with Crippen molar-refractivity contribution in [3.63, 3.8) is 0 Å². The molecule has 0 unspecified atom stereocenters. The molecule has 0 saturated heterocycles. The summed E-state index contributed by atoms with van der Waals surface area (Å²) in [6.07, 6.45) is 3.65. The Hall–Kier alpha value is -1.40. The summed E-state index contributed by atoms with van der Waals surface area (Å²) in [5.41, 5.74) is 0. The smallest absolute Gasteiger partial charge is 0.188 e. The van der Waals surface area contributed by atoms with E-state index in [1.807, 2.05) is 30.5 Å². The topological polar surface area (TPSA) is 44.2 Å². The molecule has 4 nitrogen and oxygen atoms in total. The Labute approximate surface area is 120 Å². The fourth-order valence-electron chi connectivity index (χ4n) is 1.41. The molecule has 0 aliphatic carbocycles. The third-order valence-electron chi connectivity index (χ3n) is 2.38. The second kappa shape index (κ2) is 6.68. The van der Waals surface area contributed by atoms with Gasteiger partial charge in [0.2, 0.25) is 0 Å². The zero-order valence-electron chi connectivity index (χ0n) is 10.9. The van der Waals surface area contributed by atoms with Gasteiger partial charge >= 0.3 is 0 Å².